The normalized spacial score (nSPS) is 12.8. The summed E-state index contributed by atoms with van der Waals surface area (Å²) in [6.45, 7) is 5.48. The van der Waals surface area contributed by atoms with E-state index in [9.17, 15) is 0 Å². The van der Waals surface area contributed by atoms with Crippen molar-refractivity contribution in [3.63, 3.8) is 0 Å². The van der Waals surface area contributed by atoms with Crippen molar-refractivity contribution in [1.82, 2.24) is 10.2 Å². The Morgan fingerprint density at radius 1 is 1.24 bits per heavy atom. The third-order valence-electron chi connectivity index (χ3n) is 3.77. The van der Waals surface area contributed by atoms with E-state index >= 15 is 0 Å². The molecule has 1 atom stereocenters. The Morgan fingerprint density at radius 2 is 2.05 bits per heavy atom. The van der Waals surface area contributed by atoms with Crippen molar-refractivity contribution in [1.29, 1.82) is 0 Å². The molecule has 0 spiro atoms. The van der Waals surface area contributed by atoms with Gasteiger partial charge in [0.1, 0.15) is 0 Å². The standard InChI is InChI=1S/C17H23BrN2S/c1-3-20(13-14-7-6-12-21-14)11-10-17(19-2)15-8-4-5-9-16(15)18/h4-9,12,17,19H,3,10-11,13H2,1-2H3. The molecule has 2 aromatic rings. The Labute approximate surface area is 140 Å². The molecule has 1 aromatic heterocycles. The van der Waals surface area contributed by atoms with Gasteiger partial charge in [0.2, 0.25) is 0 Å². The fraction of sp³-hybridized carbons (Fsp3) is 0.412. The summed E-state index contributed by atoms with van der Waals surface area (Å²) >= 11 is 5.50. The average Bonchev–Trinajstić information content (AvgIpc) is 3.01. The zero-order chi connectivity index (χ0) is 15.1. The van der Waals surface area contributed by atoms with E-state index in [0.29, 0.717) is 6.04 Å². The highest BCUT2D eigenvalue weighted by atomic mass is 79.9. The number of thiophene rings is 1. The molecule has 0 aliphatic heterocycles. The van der Waals surface area contributed by atoms with Gasteiger partial charge in [-0.15, -0.1) is 11.3 Å². The highest BCUT2D eigenvalue weighted by Crippen LogP contribution is 2.25. The molecule has 21 heavy (non-hydrogen) atoms. The summed E-state index contributed by atoms with van der Waals surface area (Å²) < 4.78 is 1.19. The lowest BCUT2D eigenvalue weighted by molar-refractivity contribution is 0.265. The third kappa shape index (κ3) is 4.92. The van der Waals surface area contributed by atoms with Crippen LogP contribution in [-0.2, 0) is 6.54 Å². The van der Waals surface area contributed by atoms with Crippen molar-refractivity contribution in [3.8, 4) is 0 Å². The second kappa shape index (κ2) is 8.69. The number of nitrogens with zero attached hydrogens (tertiary/aromatic N) is 1. The number of nitrogens with one attached hydrogen (secondary N) is 1. The van der Waals surface area contributed by atoms with E-state index in [1.54, 1.807) is 0 Å². The Bertz CT molecular complexity index is 527. The fourth-order valence-corrected chi connectivity index (χ4v) is 3.80. The maximum Gasteiger partial charge on any atom is 0.0340 e. The lowest BCUT2D eigenvalue weighted by Crippen LogP contribution is -2.28. The first kappa shape index (κ1) is 16.7. The molecule has 0 radical (unpaired) electrons. The number of hydrogen-bond acceptors (Lipinski definition) is 3. The van der Waals surface area contributed by atoms with E-state index in [2.05, 4.69) is 74.8 Å². The highest BCUT2D eigenvalue weighted by molar-refractivity contribution is 9.10. The van der Waals surface area contributed by atoms with Gasteiger partial charge in [-0.3, -0.25) is 4.90 Å². The molecule has 1 heterocycles. The van der Waals surface area contributed by atoms with Crippen LogP contribution in [0.25, 0.3) is 0 Å². The zero-order valence-corrected chi connectivity index (χ0v) is 15.1. The van der Waals surface area contributed by atoms with Crippen molar-refractivity contribution in [2.24, 2.45) is 0 Å². The van der Waals surface area contributed by atoms with Crippen molar-refractivity contribution in [2.45, 2.75) is 25.9 Å². The van der Waals surface area contributed by atoms with Gasteiger partial charge in [0.25, 0.3) is 0 Å². The first-order chi connectivity index (χ1) is 10.2. The van der Waals surface area contributed by atoms with Crippen molar-refractivity contribution in [2.75, 3.05) is 20.1 Å². The van der Waals surface area contributed by atoms with Gasteiger partial charge >= 0.3 is 0 Å². The predicted molar refractivity (Wildman–Crippen MR) is 95.8 cm³/mol. The highest BCUT2D eigenvalue weighted by Gasteiger charge is 2.14. The molecule has 2 rings (SSSR count). The molecule has 0 amide bonds. The molecule has 1 unspecified atom stereocenters. The molecule has 0 saturated heterocycles. The van der Waals surface area contributed by atoms with Crippen molar-refractivity contribution < 1.29 is 0 Å². The zero-order valence-electron chi connectivity index (χ0n) is 12.7. The summed E-state index contributed by atoms with van der Waals surface area (Å²) in [6, 6.07) is 13.2. The fourth-order valence-electron chi connectivity index (χ4n) is 2.50. The quantitative estimate of drug-likeness (QED) is 0.729. The van der Waals surface area contributed by atoms with Crippen LogP contribution in [0.1, 0.15) is 29.8 Å². The number of rotatable bonds is 8. The van der Waals surface area contributed by atoms with Gasteiger partial charge in [-0.05, 0) is 43.1 Å². The second-order valence-electron chi connectivity index (χ2n) is 5.10. The summed E-state index contributed by atoms with van der Waals surface area (Å²) in [5.74, 6) is 0. The van der Waals surface area contributed by atoms with Gasteiger partial charge in [-0.25, -0.2) is 0 Å². The summed E-state index contributed by atoms with van der Waals surface area (Å²) in [5, 5.41) is 5.60. The van der Waals surface area contributed by atoms with Crippen LogP contribution in [0.5, 0.6) is 0 Å². The molecule has 0 aliphatic rings. The molecule has 0 saturated carbocycles. The maximum absolute atomic E-state index is 3.66. The lowest BCUT2D eigenvalue weighted by Gasteiger charge is -2.24. The van der Waals surface area contributed by atoms with Crippen molar-refractivity contribution >= 4 is 27.3 Å². The largest absolute Gasteiger partial charge is 0.313 e. The maximum atomic E-state index is 3.66. The number of hydrogen-bond donors (Lipinski definition) is 1. The van der Waals surface area contributed by atoms with Crippen molar-refractivity contribution in [3.05, 3.63) is 56.7 Å². The average molecular weight is 367 g/mol. The van der Waals surface area contributed by atoms with Gasteiger partial charge < -0.3 is 5.32 Å². The summed E-state index contributed by atoms with van der Waals surface area (Å²) in [4.78, 5) is 3.95. The van der Waals surface area contributed by atoms with Gasteiger partial charge in [-0.2, -0.15) is 0 Å². The van der Waals surface area contributed by atoms with Crippen LogP contribution in [0.4, 0.5) is 0 Å². The van der Waals surface area contributed by atoms with Gasteiger partial charge in [0.05, 0.1) is 0 Å². The molecule has 0 bridgehead atoms. The molecular weight excluding hydrogens is 344 g/mol. The van der Waals surface area contributed by atoms with Gasteiger partial charge in [-0.1, -0.05) is 47.1 Å². The minimum absolute atomic E-state index is 0.387. The lowest BCUT2D eigenvalue weighted by atomic mass is 10.0. The number of benzene rings is 1. The Kier molecular flexibility index (Phi) is 6.90. The van der Waals surface area contributed by atoms with Crippen LogP contribution in [0.3, 0.4) is 0 Å². The molecule has 2 nitrogen and oxygen atoms in total. The van der Waals surface area contributed by atoms with Crippen LogP contribution in [0, 0.1) is 0 Å². The van der Waals surface area contributed by atoms with Crippen LogP contribution >= 0.6 is 27.3 Å². The number of halogens is 1. The first-order valence-corrected chi connectivity index (χ1v) is 9.08. The van der Waals surface area contributed by atoms with Crippen LogP contribution < -0.4 is 5.32 Å². The second-order valence-corrected chi connectivity index (χ2v) is 6.99. The van der Waals surface area contributed by atoms with Gasteiger partial charge in [0, 0.05) is 28.5 Å². The summed E-state index contributed by atoms with van der Waals surface area (Å²) in [7, 11) is 2.04. The van der Waals surface area contributed by atoms with Crippen LogP contribution in [0.15, 0.2) is 46.3 Å². The molecular formula is C17H23BrN2S. The molecule has 0 aliphatic carbocycles. The SMILES string of the molecule is CCN(CCC(NC)c1ccccc1Br)Cc1cccs1. The van der Waals surface area contributed by atoms with Crippen LogP contribution in [-0.4, -0.2) is 25.0 Å². The van der Waals surface area contributed by atoms with Crippen LogP contribution in [0.2, 0.25) is 0 Å². The van der Waals surface area contributed by atoms with E-state index < -0.39 is 0 Å². The predicted octanol–water partition coefficient (Wildman–Crippen LogP) is 4.68. The molecule has 1 N–H and O–H groups in total. The molecule has 0 fully saturated rings. The first-order valence-electron chi connectivity index (χ1n) is 7.41. The van der Waals surface area contributed by atoms with Gasteiger partial charge in [0.15, 0.2) is 0 Å². The Hall–Kier alpha value is -0.680. The molecule has 1 aromatic carbocycles. The van der Waals surface area contributed by atoms with E-state index in [1.807, 2.05) is 18.4 Å². The van der Waals surface area contributed by atoms with E-state index in [4.69, 9.17) is 0 Å². The Morgan fingerprint density at radius 3 is 2.67 bits per heavy atom. The minimum atomic E-state index is 0.387. The molecule has 114 valence electrons. The minimum Gasteiger partial charge on any atom is -0.313 e. The van der Waals surface area contributed by atoms with E-state index in [0.717, 1.165) is 26.1 Å². The third-order valence-corrected chi connectivity index (χ3v) is 5.35. The topological polar surface area (TPSA) is 15.3 Å². The van der Waals surface area contributed by atoms with E-state index in [1.165, 1.54) is 14.9 Å². The smallest absolute Gasteiger partial charge is 0.0340 e. The summed E-state index contributed by atoms with van der Waals surface area (Å²) in [5.41, 5.74) is 1.34. The summed E-state index contributed by atoms with van der Waals surface area (Å²) in [6.07, 6.45) is 1.11. The van der Waals surface area contributed by atoms with E-state index in [-0.39, 0.29) is 0 Å². The monoisotopic (exact) mass is 366 g/mol. The Balaban J connectivity index is 1.94. The molecule has 4 heteroatoms.